The number of rotatable bonds is 8. The molecule has 0 spiro atoms. The minimum absolute atomic E-state index is 0.0797. The molecule has 0 aliphatic rings. The Balaban J connectivity index is 3.44. The fraction of sp³-hybridized carbons (Fsp3) is 0.818. The lowest BCUT2D eigenvalue weighted by atomic mass is 10.3. The first kappa shape index (κ1) is 15.7. The molecule has 0 rings (SSSR count). The molecule has 0 bridgehead atoms. The molecule has 0 fully saturated rings. The van der Waals surface area contributed by atoms with Gasteiger partial charge >= 0.3 is 12.0 Å². The van der Waals surface area contributed by atoms with Crippen LogP contribution in [0.4, 0.5) is 4.79 Å². The van der Waals surface area contributed by atoms with Gasteiger partial charge in [0.1, 0.15) is 0 Å². The van der Waals surface area contributed by atoms with Crippen molar-refractivity contribution in [2.45, 2.75) is 32.7 Å². The number of hydrogen-bond acceptors (Lipinski definition) is 3. The molecule has 0 heterocycles. The zero-order chi connectivity index (χ0) is 13.3. The Morgan fingerprint density at radius 2 is 1.82 bits per heavy atom. The Bertz CT molecular complexity index is 244. The number of amides is 2. The van der Waals surface area contributed by atoms with Crippen LogP contribution in [0.15, 0.2) is 0 Å². The van der Waals surface area contributed by atoms with E-state index in [0.717, 1.165) is 6.54 Å². The number of urea groups is 1. The number of likely N-dealkylation sites (N-methyl/N-ethyl adjacent to an activating group) is 1. The van der Waals surface area contributed by atoms with Gasteiger partial charge < -0.3 is 20.6 Å². The summed E-state index contributed by atoms with van der Waals surface area (Å²) in [6.45, 7) is 5.94. The third kappa shape index (κ3) is 9.62. The summed E-state index contributed by atoms with van der Waals surface area (Å²) in [7, 11) is 2.00. The Morgan fingerprint density at radius 3 is 2.35 bits per heavy atom. The largest absolute Gasteiger partial charge is 0.481 e. The summed E-state index contributed by atoms with van der Waals surface area (Å²) in [4.78, 5) is 23.6. The monoisotopic (exact) mass is 245 g/mol. The van der Waals surface area contributed by atoms with E-state index in [1.165, 1.54) is 0 Å². The summed E-state index contributed by atoms with van der Waals surface area (Å²) < 4.78 is 0. The summed E-state index contributed by atoms with van der Waals surface area (Å²) in [6, 6.07) is 0.211. The number of hydrogen-bond donors (Lipinski definition) is 3. The molecule has 2 amide bonds. The summed E-state index contributed by atoms with van der Waals surface area (Å²) >= 11 is 0. The van der Waals surface area contributed by atoms with Gasteiger partial charge in [0.2, 0.25) is 0 Å². The van der Waals surface area contributed by atoms with E-state index in [1.807, 2.05) is 7.05 Å². The average Bonchev–Trinajstić information content (AvgIpc) is 2.23. The lowest BCUT2D eigenvalue weighted by molar-refractivity contribution is -0.137. The van der Waals surface area contributed by atoms with Gasteiger partial charge in [0.15, 0.2) is 0 Å². The molecule has 0 aliphatic carbocycles. The van der Waals surface area contributed by atoms with Gasteiger partial charge in [0.25, 0.3) is 0 Å². The van der Waals surface area contributed by atoms with Gasteiger partial charge in [-0.15, -0.1) is 0 Å². The van der Waals surface area contributed by atoms with Crippen LogP contribution in [0.3, 0.4) is 0 Å². The van der Waals surface area contributed by atoms with Crippen LogP contribution in [-0.4, -0.2) is 54.7 Å². The van der Waals surface area contributed by atoms with Crippen molar-refractivity contribution in [3.05, 3.63) is 0 Å². The van der Waals surface area contributed by atoms with Crippen molar-refractivity contribution < 1.29 is 14.7 Å². The summed E-state index contributed by atoms with van der Waals surface area (Å²) in [5, 5.41) is 13.7. The predicted molar refractivity (Wildman–Crippen MR) is 66.0 cm³/mol. The van der Waals surface area contributed by atoms with Crippen LogP contribution in [0, 0.1) is 0 Å². The number of carboxylic acids is 1. The van der Waals surface area contributed by atoms with Gasteiger partial charge in [-0.1, -0.05) is 0 Å². The SMILES string of the molecule is CC(C)N(C)CCNC(=O)NCCCC(=O)O. The van der Waals surface area contributed by atoms with Gasteiger partial charge in [-0.25, -0.2) is 4.79 Å². The second kappa shape index (κ2) is 8.81. The van der Waals surface area contributed by atoms with Crippen LogP contribution in [-0.2, 0) is 4.79 Å². The third-order valence-electron chi connectivity index (χ3n) is 2.48. The van der Waals surface area contributed by atoms with Crippen LogP contribution in [0.25, 0.3) is 0 Å². The molecular formula is C11H23N3O3. The Kier molecular flexibility index (Phi) is 8.13. The minimum Gasteiger partial charge on any atom is -0.481 e. The summed E-state index contributed by atoms with van der Waals surface area (Å²) in [5.41, 5.74) is 0. The maximum absolute atomic E-state index is 11.3. The molecule has 0 aliphatic heterocycles. The van der Waals surface area contributed by atoms with Crippen molar-refractivity contribution >= 4 is 12.0 Å². The molecule has 0 saturated carbocycles. The van der Waals surface area contributed by atoms with Crippen LogP contribution in [0.2, 0.25) is 0 Å². The van der Waals surface area contributed by atoms with Crippen LogP contribution < -0.4 is 10.6 Å². The lowest BCUT2D eigenvalue weighted by Crippen LogP contribution is -2.41. The first-order valence-electron chi connectivity index (χ1n) is 5.87. The zero-order valence-electron chi connectivity index (χ0n) is 10.8. The molecule has 0 unspecified atom stereocenters. The molecule has 0 radical (unpaired) electrons. The predicted octanol–water partition coefficient (Wildman–Crippen LogP) is 0.491. The molecule has 0 saturated heterocycles. The van der Waals surface area contributed by atoms with E-state index < -0.39 is 5.97 Å². The molecule has 0 atom stereocenters. The third-order valence-corrected chi connectivity index (χ3v) is 2.48. The normalized spacial score (nSPS) is 10.6. The number of carbonyl (C=O) groups excluding carboxylic acids is 1. The zero-order valence-corrected chi connectivity index (χ0v) is 10.8. The first-order valence-corrected chi connectivity index (χ1v) is 5.87. The second-order valence-electron chi connectivity index (χ2n) is 4.25. The van der Waals surface area contributed by atoms with Gasteiger partial charge in [0, 0.05) is 32.1 Å². The topological polar surface area (TPSA) is 81.7 Å². The lowest BCUT2D eigenvalue weighted by Gasteiger charge is -2.20. The van der Waals surface area contributed by atoms with E-state index >= 15 is 0 Å². The Morgan fingerprint density at radius 1 is 1.24 bits per heavy atom. The first-order chi connectivity index (χ1) is 7.93. The van der Waals surface area contributed by atoms with Crippen molar-refractivity contribution in [3.8, 4) is 0 Å². The molecule has 6 heteroatoms. The molecule has 3 N–H and O–H groups in total. The Labute approximate surface area is 102 Å². The average molecular weight is 245 g/mol. The maximum atomic E-state index is 11.3. The maximum Gasteiger partial charge on any atom is 0.314 e. The van der Waals surface area contributed by atoms with Crippen molar-refractivity contribution in [1.82, 2.24) is 15.5 Å². The fourth-order valence-corrected chi connectivity index (χ4v) is 1.11. The highest BCUT2D eigenvalue weighted by Crippen LogP contribution is 1.90. The van der Waals surface area contributed by atoms with Crippen molar-refractivity contribution in [1.29, 1.82) is 0 Å². The van der Waals surface area contributed by atoms with Crippen LogP contribution in [0.1, 0.15) is 26.7 Å². The quantitative estimate of drug-likeness (QED) is 0.544. The number of aliphatic carboxylic acids is 1. The molecular weight excluding hydrogens is 222 g/mol. The molecule has 0 aromatic rings. The van der Waals surface area contributed by atoms with Gasteiger partial charge in [-0.3, -0.25) is 4.79 Å². The second-order valence-corrected chi connectivity index (χ2v) is 4.25. The number of nitrogens with one attached hydrogen (secondary N) is 2. The highest BCUT2D eigenvalue weighted by Gasteiger charge is 2.04. The van der Waals surface area contributed by atoms with E-state index in [0.29, 0.717) is 25.6 Å². The number of nitrogens with zero attached hydrogens (tertiary/aromatic N) is 1. The van der Waals surface area contributed by atoms with Crippen molar-refractivity contribution in [2.75, 3.05) is 26.7 Å². The van der Waals surface area contributed by atoms with Crippen molar-refractivity contribution in [3.63, 3.8) is 0 Å². The molecule has 17 heavy (non-hydrogen) atoms. The molecule has 6 nitrogen and oxygen atoms in total. The molecule has 0 aromatic carbocycles. The fourth-order valence-electron chi connectivity index (χ4n) is 1.11. The number of carboxylic acid groups (broad SMARTS) is 1. The van der Waals surface area contributed by atoms with Gasteiger partial charge in [-0.2, -0.15) is 0 Å². The molecule has 0 aromatic heterocycles. The van der Waals surface area contributed by atoms with Crippen molar-refractivity contribution in [2.24, 2.45) is 0 Å². The van der Waals surface area contributed by atoms with E-state index in [9.17, 15) is 9.59 Å². The Hall–Kier alpha value is -1.30. The highest BCUT2D eigenvalue weighted by atomic mass is 16.4. The highest BCUT2D eigenvalue weighted by molar-refractivity contribution is 5.73. The summed E-state index contributed by atoms with van der Waals surface area (Å²) in [5.74, 6) is -0.842. The smallest absolute Gasteiger partial charge is 0.314 e. The van der Waals surface area contributed by atoms with Crippen LogP contribution >= 0.6 is 0 Å². The van der Waals surface area contributed by atoms with Gasteiger partial charge in [-0.05, 0) is 27.3 Å². The van der Waals surface area contributed by atoms with Gasteiger partial charge in [0.05, 0.1) is 0 Å². The van der Waals surface area contributed by atoms with E-state index in [-0.39, 0.29) is 12.5 Å². The van der Waals surface area contributed by atoms with Crippen LogP contribution in [0.5, 0.6) is 0 Å². The number of carbonyl (C=O) groups is 2. The molecule has 100 valence electrons. The standard InChI is InChI=1S/C11H23N3O3/c1-9(2)14(3)8-7-13-11(17)12-6-4-5-10(15)16/h9H,4-8H2,1-3H3,(H,15,16)(H2,12,13,17). The van der Waals surface area contributed by atoms with E-state index in [4.69, 9.17) is 5.11 Å². The van der Waals surface area contributed by atoms with E-state index in [1.54, 1.807) is 0 Å². The minimum atomic E-state index is -0.842. The van der Waals surface area contributed by atoms with E-state index in [2.05, 4.69) is 29.4 Å². The summed E-state index contributed by atoms with van der Waals surface area (Å²) in [6.07, 6.45) is 0.533.